The molecule has 0 saturated heterocycles. The van der Waals surface area contributed by atoms with Crippen LogP contribution in [0, 0.1) is 5.41 Å². The standard InChI is InChI=1S/C22H20N4O5S3/c1-30-18-13-14(8-9-17(18)31-10-11-32-15-6-4-3-5-7-15)12-16-19(23)26-21(24-20(16)27)33-22(25-26)34(2,28)29/h3-9,12-13,23H,10-11H2,1-2H3/b16-12+,23-19?. The highest BCUT2D eigenvalue weighted by Gasteiger charge is 2.38. The Morgan fingerprint density at radius 2 is 1.94 bits per heavy atom. The monoisotopic (exact) mass is 516 g/mol. The Morgan fingerprint density at radius 3 is 2.65 bits per heavy atom. The van der Waals surface area contributed by atoms with Gasteiger partial charge in [-0.05, 0) is 47.7 Å². The molecule has 0 spiro atoms. The maximum absolute atomic E-state index is 12.5. The molecule has 0 saturated carbocycles. The summed E-state index contributed by atoms with van der Waals surface area (Å²) in [6.45, 7) is 0.476. The van der Waals surface area contributed by atoms with Crippen molar-refractivity contribution >= 4 is 60.7 Å². The number of fused-ring (bicyclic) bond motifs is 1. The molecular weight excluding hydrogens is 496 g/mol. The van der Waals surface area contributed by atoms with Crippen LogP contribution in [0.15, 0.2) is 69.1 Å². The summed E-state index contributed by atoms with van der Waals surface area (Å²) in [7, 11) is -2.07. The molecule has 0 bridgehead atoms. The molecule has 34 heavy (non-hydrogen) atoms. The summed E-state index contributed by atoms with van der Waals surface area (Å²) in [5.74, 6) is 0.896. The lowest BCUT2D eigenvalue weighted by Gasteiger charge is -2.20. The number of hydrogen-bond acceptors (Lipinski definition) is 9. The van der Waals surface area contributed by atoms with Gasteiger partial charge in [0.1, 0.15) is 0 Å². The van der Waals surface area contributed by atoms with E-state index in [2.05, 4.69) is 10.1 Å². The molecule has 12 heteroatoms. The summed E-state index contributed by atoms with van der Waals surface area (Å²) >= 11 is 2.43. The average molecular weight is 517 g/mol. The first-order chi connectivity index (χ1) is 16.3. The molecular formula is C22H20N4O5S3. The Kier molecular flexibility index (Phi) is 7.10. The van der Waals surface area contributed by atoms with Gasteiger partial charge >= 0.3 is 0 Å². The third kappa shape index (κ3) is 5.34. The number of aliphatic imine (C=N–C) groups is 1. The Labute approximate surface area is 205 Å². The average Bonchev–Trinajstić information content (AvgIpc) is 3.25. The SMILES string of the molecule is COc1cc(/C=C2\C(=N)N3N=C(S(C)(=O)=O)SC3=NC2=O)ccc1OCCSc1ccccc1. The van der Waals surface area contributed by atoms with Crippen molar-refractivity contribution in [3.63, 3.8) is 0 Å². The highest BCUT2D eigenvalue weighted by molar-refractivity contribution is 8.42. The van der Waals surface area contributed by atoms with Crippen LogP contribution in [0.2, 0.25) is 0 Å². The van der Waals surface area contributed by atoms with E-state index in [9.17, 15) is 13.2 Å². The van der Waals surface area contributed by atoms with Gasteiger partial charge in [0.15, 0.2) is 17.3 Å². The van der Waals surface area contributed by atoms with Crippen LogP contribution >= 0.6 is 23.5 Å². The number of rotatable bonds is 7. The molecule has 0 aromatic heterocycles. The Morgan fingerprint density at radius 1 is 1.18 bits per heavy atom. The minimum atomic E-state index is -3.59. The van der Waals surface area contributed by atoms with Gasteiger partial charge in [-0.1, -0.05) is 24.3 Å². The number of thioether (sulfide) groups is 2. The number of benzene rings is 2. The second kappa shape index (κ2) is 10.0. The van der Waals surface area contributed by atoms with Crippen LogP contribution in [-0.4, -0.2) is 60.4 Å². The van der Waals surface area contributed by atoms with E-state index in [1.165, 1.54) is 13.2 Å². The zero-order valence-electron chi connectivity index (χ0n) is 18.2. The molecule has 9 nitrogen and oxygen atoms in total. The predicted molar refractivity (Wildman–Crippen MR) is 136 cm³/mol. The Balaban J connectivity index is 1.48. The number of nitrogens with one attached hydrogen (secondary N) is 1. The fourth-order valence-corrected chi connectivity index (χ4v) is 5.45. The quantitative estimate of drug-likeness (QED) is 0.337. The first-order valence-electron chi connectivity index (χ1n) is 9.95. The first-order valence-corrected chi connectivity index (χ1v) is 13.6. The lowest BCUT2D eigenvalue weighted by molar-refractivity contribution is -0.114. The molecule has 2 aromatic rings. The molecule has 2 aliphatic rings. The van der Waals surface area contributed by atoms with Gasteiger partial charge in [-0.2, -0.15) is 10.0 Å². The highest BCUT2D eigenvalue weighted by atomic mass is 32.3. The molecule has 0 aliphatic carbocycles. The first kappa shape index (κ1) is 24.0. The largest absolute Gasteiger partial charge is 0.493 e. The van der Waals surface area contributed by atoms with Crippen LogP contribution in [0.1, 0.15) is 5.56 Å². The van der Waals surface area contributed by atoms with E-state index < -0.39 is 15.7 Å². The molecule has 0 radical (unpaired) electrons. The molecule has 0 unspecified atom stereocenters. The maximum atomic E-state index is 12.5. The van der Waals surface area contributed by atoms with Crippen molar-refractivity contribution in [2.75, 3.05) is 25.7 Å². The number of carbonyl (C=O) groups excluding carboxylic acids is 1. The maximum Gasteiger partial charge on any atom is 0.283 e. The van der Waals surface area contributed by atoms with Crippen molar-refractivity contribution in [3.05, 3.63) is 59.7 Å². The lowest BCUT2D eigenvalue weighted by Crippen LogP contribution is -2.35. The van der Waals surface area contributed by atoms with Crippen LogP contribution < -0.4 is 9.47 Å². The molecule has 176 valence electrons. The number of sulfone groups is 1. The van der Waals surface area contributed by atoms with Crippen molar-refractivity contribution < 1.29 is 22.7 Å². The van der Waals surface area contributed by atoms with E-state index in [-0.39, 0.29) is 21.0 Å². The summed E-state index contributed by atoms with van der Waals surface area (Å²) in [6, 6.07) is 15.2. The number of methoxy groups -OCH3 is 1. The zero-order valence-corrected chi connectivity index (χ0v) is 20.7. The van der Waals surface area contributed by atoms with Gasteiger partial charge in [0.2, 0.25) is 19.4 Å². The second-order valence-corrected chi connectivity index (χ2v) is 11.4. The van der Waals surface area contributed by atoms with Gasteiger partial charge < -0.3 is 9.47 Å². The van der Waals surface area contributed by atoms with E-state index in [1.54, 1.807) is 30.0 Å². The van der Waals surface area contributed by atoms with Crippen LogP contribution in [-0.2, 0) is 14.6 Å². The molecule has 4 rings (SSSR count). The molecule has 2 heterocycles. The third-order valence-corrected chi connectivity index (χ3v) is 8.16. The van der Waals surface area contributed by atoms with E-state index in [0.717, 1.165) is 33.7 Å². The minimum Gasteiger partial charge on any atom is -0.493 e. The summed E-state index contributed by atoms with van der Waals surface area (Å²) in [5, 5.41) is 13.4. The molecule has 1 amide bonds. The van der Waals surface area contributed by atoms with Crippen molar-refractivity contribution in [1.29, 1.82) is 5.41 Å². The fraction of sp³-hybridized carbons (Fsp3) is 0.182. The summed E-state index contributed by atoms with van der Waals surface area (Å²) in [5.41, 5.74) is 0.576. The van der Waals surface area contributed by atoms with E-state index >= 15 is 0 Å². The van der Waals surface area contributed by atoms with Crippen molar-refractivity contribution in [3.8, 4) is 11.5 Å². The van der Waals surface area contributed by atoms with Gasteiger partial charge in [0, 0.05) is 16.9 Å². The van der Waals surface area contributed by atoms with E-state index in [4.69, 9.17) is 14.9 Å². The fourth-order valence-electron chi connectivity index (χ4n) is 3.01. The van der Waals surface area contributed by atoms with Gasteiger partial charge in [0.05, 0.1) is 19.3 Å². The summed E-state index contributed by atoms with van der Waals surface area (Å²) in [4.78, 5) is 17.6. The molecule has 1 N–H and O–H groups in total. The van der Waals surface area contributed by atoms with Gasteiger partial charge in [-0.3, -0.25) is 10.2 Å². The van der Waals surface area contributed by atoms with Gasteiger partial charge in [0.25, 0.3) is 5.91 Å². The van der Waals surface area contributed by atoms with Gasteiger partial charge in [-0.15, -0.1) is 16.9 Å². The molecule has 0 atom stereocenters. The number of amides is 1. The van der Waals surface area contributed by atoms with Crippen molar-refractivity contribution in [2.24, 2.45) is 10.1 Å². The van der Waals surface area contributed by atoms with Gasteiger partial charge in [-0.25, -0.2) is 8.42 Å². The van der Waals surface area contributed by atoms with Crippen LogP contribution in [0.25, 0.3) is 6.08 Å². The third-order valence-electron chi connectivity index (χ3n) is 4.60. The second-order valence-electron chi connectivity index (χ2n) is 7.08. The number of hydrogen-bond donors (Lipinski definition) is 1. The Bertz CT molecular complexity index is 1340. The number of carbonyl (C=O) groups is 1. The summed E-state index contributed by atoms with van der Waals surface area (Å²) < 4.78 is 34.6. The molecule has 2 aliphatic heterocycles. The number of hydrazone groups is 1. The van der Waals surface area contributed by atoms with Crippen LogP contribution in [0.5, 0.6) is 11.5 Å². The van der Waals surface area contributed by atoms with Crippen molar-refractivity contribution in [1.82, 2.24) is 5.01 Å². The van der Waals surface area contributed by atoms with Crippen molar-refractivity contribution in [2.45, 2.75) is 4.90 Å². The van der Waals surface area contributed by atoms with Crippen LogP contribution in [0.4, 0.5) is 0 Å². The normalized spacial score (nSPS) is 16.9. The predicted octanol–water partition coefficient (Wildman–Crippen LogP) is 3.49. The highest BCUT2D eigenvalue weighted by Crippen LogP contribution is 2.32. The number of nitrogens with zero attached hydrogens (tertiary/aromatic N) is 3. The topological polar surface area (TPSA) is 121 Å². The van der Waals surface area contributed by atoms with E-state index in [1.807, 2.05) is 30.3 Å². The van der Waals surface area contributed by atoms with Crippen LogP contribution in [0.3, 0.4) is 0 Å². The smallest absolute Gasteiger partial charge is 0.283 e. The number of amidine groups is 2. The minimum absolute atomic E-state index is 0.0159. The Hall–Kier alpha value is -3.09. The molecule has 2 aromatic carbocycles. The number of ether oxygens (including phenoxy) is 2. The van der Waals surface area contributed by atoms with E-state index in [0.29, 0.717) is 23.7 Å². The lowest BCUT2D eigenvalue weighted by atomic mass is 10.1. The molecule has 0 fully saturated rings. The zero-order chi connectivity index (χ0) is 24.3. The summed E-state index contributed by atoms with van der Waals surface area (Å²) in [6.07, 6.45) is 2.50.